The van der Waals surface area contributed by atoms with Gasteiger partial charge < -0.3 is 10.2 Å². The average Bonchev–Trinajstić information content (AvgIpc) is 2.69. The van der Waals surface area contributed by atoms with E-state index in [2.05, 4.69) is 10.3 Å². The Hall–Kier alpha value is -2.69. The van der Waals surface area contributed by atoms with E-state index in [0.717, 1.165) is 16.8 Å². The van der Waals surface area contributed by atoms with Crippen molar-refractivity contribution in [2.24, 2.45) is 5.92 Å². The lowest BCUT2D eigenvalue weighted by molar-refractivity contribution is -0.135. The third-order valence-electron chi connectivity index (χ3n) is 4.99. The summed E-state index contributed by atoms with van der Waals surface area (Å²) in [5.74, 6) is 0.175. The van der Waals surface area contributed by atoms with Gasteiger partial charge in [-0.05, 0) is 43.0 Å². The summed E-state index contributed by atoms with van der Waals surface area (Å²) in [6.45, 7) is 3.77. The summed E-state index contributed by atoms with van der Waals surface area (Å²) in [4.78, 5) is 31.0. The van der Waals surface area contributed by atoms with E-state index in [0.29, 0.717) is 38.9 Å². The van der Waals surface area contributed by atoms with Crippen LogP contribution in [0.1, 0.15) is 29.7 Å². The van der Waals surface area contributed by atoms with Gasteiger partial charge in [-0.2, -0.15) is 0 Å². The number of rotatable bonds is 5. The molecule has 0 radical (unpaired) electrons. The molecule has 1 saturated heterocycles. The maximum Gasteiger partial charge on any atom is 0.226 e. The Morgan fingerprint density at radius 1 is 1.12 bits per heavy atom. The molecule has 0 saturated carbocycles. The molecule has 5 nitrogen and oxygen atoms in total. The molecule has 2 aromatic rings. The van der Waals surface area contributed by atoms with Crippen molar-refractivity contribution < 1.29 is 9.59 Å². The number of piperidine rings is 1. The standard InChI is InChI=1S/C21H25N3O2/c1-16-6-2-3-7-18(16)14-20(25)24-12-9-17(10-13-24)21(26)23-15-19-8-4-5-11-22-19/h2-8,11,17H,9-10,12-15H2,1H3,(H,23,26). The number of hydrogen-bond donors (Lipinski definition) is 1. The molecule has 2 amide bonds. The Morgan fingerprint density at radius 2 is 1.85 bits per heavy atom. The molecule has 136 valence electrons. The molecule has 0 atom stereocenters. The molecular formula is C21H25N3O2. The summed E-state index contributed by atoms with van der Waals surface area (Å²) in [5, 5.41) is 2.96. The molecular weight excluding hydrogens is 326 g/mol. The fourth-order valence-electron chi connectivity index (χ4n) is 3.30. The molecule has 1 aliphatic heterocycles. The van der Waals surface area contributed by atoms with Gasteiger partial charge in [-0.15, -0.1) is 0 Å². The number of pyridine rings is 1. The molecule has 0 spiro atoms. The Morgan fingerprint density at radius 3 is 2.54 bits per heavy atom. The fourth-order valence-corrected chi connectivity index (χ4v) is 3.30. The number of nitrogens with zero attached hydrogens (tertiary/aromatic N) is 2. The van der Waals surface area contributed by atoms with Gasteiger partial charge in [0.05, 0.1) is 18.7 Å². The number of aryl methyl sites for hydroxylation is 1. The van der Waals surface area contributed by atoms with Crippen molar-refractivity contribution in [3.8, 4) is 0 Å². The Labute approximate surface area is 154 Å². The molecule has 26 heavy (non-hydrogen) atoms. The number of nitrogens with one attached hydrogen (secondary N) is 1. The summed E-state index contributed by atoms with van der Waals surface area (Å²) in [6, 6.07) is 13.6. The van der Waals surface area contributed by atoms with Crippen LogP contribution in [0.3, 0.4) is 0 Å². The molecule has 0 aliphatic carbocycles. The molecule has 0 unspecified atom stereocenters. The van der Waals surface area contributed by atoms with E-state index in [1.54, 1.807) is 6.20 Å². The van der Waals surface area contributed by atoms with Crippen LogP contribution in [-0.4, -0.2) is 34.8 Å². The van der Waals surface area contributed by atoms with Crippen molar-refractivity contribution in [3.63, 3.8) is 0 Å². The minimum Gasteiger partial charge on any atom is -0.350 e. The number of carbonyl (C=O) groups excluding carboxylic acids is 2. The second kappa shape index (κ2) is 8.61. The maximum absolute atomic E-state index is 12.5. The van der Waals surface area contributed by atoms with Gasteiger partial charge in [0.15, 0.2) is 0 Å². The van der Waals surface area contributed by atoms with Crippen molar-refractivity contribution in [3.05, 3.63) is 65.5 Å². The zero-order chi connectivity index (χ0) is 18.4. The predicted molar refractivity (Wildman–Crippen MR) is 100 cm³/mol. The van der Waals surface area contributed by atoms with Crippen molar-refractivity contribution >= 4 is 11.8 Å². The highest BCUT2D eigenvalue weighted by atomic mass is 16.2. The number of amides is 2. The first kappa shape index (κ1) is 18.1. The van der Waals surface area contributed by atoms with E-state index in [4.69, 9.17) is 0 Å². The van der Waals surface area contributed by atoms with Crippen LogP contribution in [0.2, 0.25) is 0 Å². The fraction of sp³-hybridized carbons (Fsp3) is 0.381. The third kappa shape index (κ3) is 4.69. The van der Waals surface area contributed by atoms with E-state index in [9.17, 15) is 9.59 Å². The molecule has 1 N–H and O–H groups in total. The molecule has 2 heterocycles. The highest BCUT2D eigenvalue weighted by molar-refractivity contribution is 5.81. The first-order chi connectivity index (χ1) is 12.6. The minimum atomic E-state index is -0.0266. The van der Waals surface area contributed by atoms with E-state index in [-0.39, 0.29) is 17.7 Å². The van der Waals surface area contributed by atoms with Crippen LogP contribution >= 0.6 is 0 Å². The predicted octanol–water partition coefficient (Wildman–Crippen LogP) is 2.49. The summed E-state index contributed by atoms with van der Waals surface area (Å²) in [6.07, 6.45) is 3.59. The minimum absolute atomic E-state index is 0.0266. The second-order valence-corrected chi connectivity index (χ2v) is 6.80. The topological polar surface area (TPSA) is 62.3 Å². The summed E-state index contributed by atoms with van der Waals surface area (Å²) >= 11 is 0. The lowest BCUT2D eigenvalue weighted by Crippen LogP contribution is -2.43. The quantitative estimate of drug-likeness (QED) is 0.900. The molecule has 1 aliphatic rings. The second-order valence-electron chi connectivity index (χ2n) is 6.80. The Balaban J connectivity index is 1.45. The van der Waals surface area contributed by atoms with Gasteiger partial charge >= 0.3 is 0 Å². The van der Waals surface area contributed by atoms with Crippen molar-refractivity contribution in [2.45, 2.75) is 32.7 Å². The van der Waals surface area contributed by atoms with Crippen LogP contribution in [0.25, 0.3) is 0 Å². The van der Waals surface area contributed by atoms with Gasteiger partial charge in [0.25, 0.3) is 0 Å². The molecule has 1 aromatic carbocycles. The molecule has 1 fully saturated rings. The third-order valence-corrected chi connectivity index (χ3v) is 4.99. The highest BCUT2D eigenvalue weighted by Crippen LogP contribution is 2.19. The normalized spacial score (nSPS) is 14.9. The molecule has 1 aromatic heterocycles. The zero-order valence-corrected chi connectivity index (χ0v) is 15.1. The Bertz CT molecular complexity index is 753. The number of hydrogen-bond acceptors (Lipinski definition) is 3. The van der Waals surface area contributed by atoms with Crippen molar-refractivity contribution in [1.29, 1.82) is 0 Å². The number of likely N-dealkylation sites (tertiary alicyclic amines) is 1. The van der Waals surface area contributed by atoms with E-state index >= 15 is 0 Å². The number of benzene rings is 1. The SMILES string of the molecule is Cc1ccccc1CC(=O)N1CCC(C(=O)NCc2ccccn2)CC1. The van der Waals surface area contributed by atoms with Crippen LogP contribution in [-0.2, 0) is 22.6 Å². The summed E-state index contributed by atoms with van der Waals surface area (Å²) in [5.41, 5.74) is 3.07. The first-order valence-corrected chi connectivity index (χ1v) is 9.13. The maximum atomic E-state index is 12.5. The smallest absolute Gasteiger partial charge is 0.226 e. The van der Waals surface area contributed by atoms with Crippen LogP contribution in [0.15, 0.2) is 48.7 Å². The van der Waals surface area contributed by atoms with E-state index < -0.39 is 0 Å². The summed E-state index contributed by atoms with van der Waals surface area (Å²) in [7, 11) is 0. The van der Waals surface area contributed by atoms with Gasteiger partial charge in [0.2, 0.25) is 11.8 Å². The van der Waals surface area contributed by atoms with Gasteiger partial charge in [-0.3, -0.25) is 14.6 Å². The number of carbonyl (C=O) groups is 2. The Kier molecular flexibility index (Phi) is 6.00. The van der Waals surface area contributed by atoms with Gasteiger partial charge in [-0.25, -0.2) is 0 Å². The van der Waals surface area contributed by atoms with Gasteiger partial charge in [-0.1, -0.05) is 30.3 Å². The van der Waals surface area contributed by atoms with Crippen LogP contribution in [0.4, 0.5) is 0 Å². The molecule has 0 bridgehead atoms. The van der Waals surface area contributed by atoms with Crippen molar-refractivity contribution in [2.75, 3.05) is 13.1 Å². The molecule has 5 heteroatoms. The zero-order valence-electron chi connectivity index (χ0n) is 15.1. The summed E-state index contributed by atoms with van der Waals surface area (Å²) < 4.78 is 0. The number of aromatic nitrogens is 1. The van der Waals surface area contributed by atoms with E-state index in [1.165, 1.54) is 0 Å². The van der Waals surface area contributed by atoms with E-state index in [1.807, 2.05) is 54.3 Å². The van der Waals surface area contributed by atoms with Crippen LogP contribution in [0, 0.1) is 12.8 Å². The van der Waals surface area contributed by atoms with Crippen LogP contribution in [0.5, 0.6) is 0 Å². The monoisotopic (exact) mass is 351 g/mol. The lowest BCUT2D eigenvalue weighted by Gasteiger charge is -2.31. The van der Waals surface area contributed by atoms with Gasteiger partial charge in [0.1, 0.15) is 0 Å². The average molecular weight is 351 g/mol. The molecule has 3 rings (SSSR count). The van der Waals surface area contributed by atoms with Gasteiger partial charge in [0, 0.05) is 25.2 Å². The van der Waals surface area contributed by atoms with Crippen molar-refractivity contribution in [1.82, 2.24) is 15.2 Å². The largest absolute Gasteiger partial charge is 0.350 e. The lowest BCUT2D eigenvalue weighted by atomic mass is 9.95. The highest BCUT2D eigenvalue weighted by Gasteiger charge is 2.27. The first-order valence-electron chi connectivity index (χ1n) is 9.13. The van der Waals surface area contributed by atoms with Crippen LogP contribution < -0.4 is 5.32 Å².